The van der Waals surface area contributed by atoms with Crippen LogP contribution in [0.1, 0.15) is 44.2 Å². The van der Waals surface area contributed by atoms with Crippen LogP contribution in [0.15, 0.2) is 24.3 Å². The molecule has 0 heterocycles. The Labute approximate surface area is 112 Å². The van der Waals surface area contributed by atoms with Crippen molar-refractivity contribution in [1.29, 1.82) is 0 Å². The van der Waals surface area contributed by atoms with Crippen LogP contribution in [0.25, 0.3) is 0 Å². The Balaban J connectivity index is 2.13. The van der Waals surface area contributed by atoms with Crippen LogP contribution >= 0.6 is 22.6 Å². The number of rotatable bonds is 5. The third-order valence-electron chi connectivity index (χ3n) is 3.48. The van der Waals surface area contributed by atoms with E-state index in [0.29, 0.717) is 6.04 Å². The Morgan fingerprint density at radius 1 is 1.38 bits per heavy atom. The van der Waals surface area contributed by atoms with Gasteiger partial charge in [-0.25, -0.2) is 0 Å². The van der Waals surface area contributed by atoms with Crippen LogP contribution < -0.4 is 5.32 Å². The van der Waals surface area contributed by atoms with Crippen LogP contribution in [0.4, 0.5) is 0 Å². The van der Waals surface area contributed by atoms with Crippen LogP contribution in [-0.2, 0) is 0 Å². The van der Waals surface area contributed by atoms with E-state index in [0.717, 1.165) is 12.5 Å². The zero-order valence-corrected chi connectivity index (χ0v) is 12.0. The standard InChI is InChI=1S/C14H20IN/c1-2-10-16-14(11-6-5-7-11)12-8-3-4-9-13(12)15/h3-4,8-9,11,14,16H,2,5-7,10H2,1H3. The lowest BCUT2D eigenvalue weighted by Gasteiger charge is -2.35. The Morgan fingerprint density at radius 2 is 2.12 bits per heavy atom. The Hall–Kier alpha value is -0.0900. The van der Waals surface area contributed by atoms with Crippen molar-refractivity contribution in [2.75, 3.05) is 6.54 Å². The summed E-state index contributed by atoms with van der Waals surface area (Å²) in [5, 5.41) is 3.72. The monoisotopic (exact) mass is 329 g/mol. The predicted octanol–water partition coefficient (Wildman–Crippen LogP) is 4.13. The quantitative estimate of drug-likeness (QED) is 0.801. The minimum Gasteiger partial charge on any atom is -0.310 e. The first-order valence-electron chi connectivity index (χ1n) is 6.30. The molecule has 1 nitrogen and oxygen atoms in total. The second kappa shape index (κ2) is 6.01. The molecule has 1 fully saturated rings. The van der Waals surface area contributed by atoms with Gasteiger partial charge in [-0.05, 0) is 65.9 Å². The first kappa shape index (κ1) is 12.4. The lowest BCUT2D eigenvalue weighted by atomic mass is 9.77. The summed E-state index contributed by atoms with van der Waals surface area (Å²) in [7, 11) is 0. The van der Waals surface area contributed by atoms with Crippen molar-refractivity contribution in [3.05, 3.63) is 33.4 Å². The molecule has 1 aromatic rings. The molecular weight excluding hydrogens is 309 g/mol. The Bertz CT molecular complexity index is 333. The summed E-state index contributed by atoms with van der Waals surface area (Å²) in [5.74, 6) is 0.863. The molecule has 0 spiro atoms. The van der Waals surface area contributed by atoms with Crippen molar-refractivity contribution in [3.63, 3.8) is 0 Å². The second-order valence-corrected chi connectivity index (χ2v) is 5.81. The number of halogens is 1. The van der Waals surface area contributed by atoms with Gasteiger partial charge in [-0.2, -0.15) is 0 Å². The molecule has 0 amide bonds. The molecule has 1 N–H and O–H groups in total. The van der Waals surface area contributed by atoms with E-state index in [9.17, 15) is 0 Å². The minimum atomic E-state index is 0.585. The first-order valence-corrected chi connectivity index (χ1v) is 7.38. The normalized spacial score (nSPS) is 18.1. The van der Waals surface area contributed by atoms with Crippen LogP contribution in [-0.4, -0.2) is 6.54 Å². The molecule has 0 bridgehead atoms. The molecule has 0 saturated heterocycles. The molecule has 0 aromatic heterocycles. The van der Waals surface area contributed by atoms with Gasteiger partial charge in [0.2, 0.25) is 0 Å². The highest BCUT2D eigenvalue weighted by Gasteiger charge is 2.28. The molecule has 1 aliphatic rings. The molecule has 1 unspecified atom stereocenters. The zero-order chi connectivity index (χ0) is 11.4. The number of hydrogen-bond donors (Lipinski definition) is 1. The lowest BCUT2D eigenvalue weighted by Crippen LogP contribution is -2.33. The number of nitrogens with one attached hydrogen (secondary N) is 1. The van der Waals surface area contributed by atoms with Gasteiger partial charge >= 0.3 is 0 Å². The van der Waals surface area contributed by atoms with E-state index in [4.69, 9.17) is 0 Å². The number of benzene rings is 1. The summed E-state index contributed by atoms with van der Waals surface area (Å²) in [5.41, 5.74) is 1.50. The zero-order valence-electron chi connectivity index (χ0n) is 9.88. The minimum absolute atomic E-state index is 0.585. The highest BCUT2D eigenvalue weighted by atomic mass is 127. The van der Waals surface area contributed by atoms with E-state index in [-0.39, 0.29) is 0 Å². The largest absolute Gasteiger partial charge is 0.310 e. The molecule has 2 rings (SSSR count). The highest BCUT2D eigenvalue weighted by molar-refractivity contribution is 14.1. The molecule has 0 aliphatic heterocycles. The van der Waals surface area contributed by atoms with Crippen molar-refractivity contribution >= 4 is 22.6 Å². The topological polar surface area (TPSA) is 12.0 Å². The van der Waals surface area contributed by atoms with Crippen molar-refractivity contribution in [2.45, 2.75) is 38.6 Å². The third-order valence-corrected chi connectivity index (χ3v) is 4.46. The average molecular weight is 329 g/mol. The maximum atomic E-state index is 3.72. The Morgan fingerprint density at radius 3 is 2.69 bits per heavy atom. The van der Waals surface area contributed by atoms with Gasteiger partial charge in [-0.3, -0.25) is 0 Å². The van der Waals surface area contributed by atoms with Gasteiger partial charge in [0.05, 0.1) is 0 Å². The van der Waals surface area contributed by atoms with Gasteiger partial charge in [0.1, 0.15) is 0 Å². The van der Waals surface area contributed by atoms with Gasteiger partial charge in [-0.15, -0.1) is 0 Å². The molecule has 1 atom stereocenters. The summed E-state index contributed by atoms with van der Waals surface area (Å²) in [6.07, 6.45) is 5.42. The molecule has 88 valence electrons. The molecular formula is C14H20IN. The fourth-order valence-electron chi connectivity index (χ4n) is 2.33. The van der Waals surface area contributed by atoms with Gasteiger partial charge < -0.3 is 5.32 Å². The molecule has 1 aliphatic carbocycles. The second-order valence-electron chi connectivity index (χ2n) is 4.64. The molecule has 16 heavy (non-hydrogen) atoms. The van der Waals surface area contributed by atoms with E-state index in [1.165, 1.54) is 34.8 Å². The van der Waals surface area contributed by atoms with Crippen molar-refractivity contribution in [2.24, 2.45) is 5.92 Å². The van der Waals surface area contributed by atoms with E-state index < -0.39 is 0 Å². The third kappa shape index (κ3) is 2.77. The van der Waals surface area contributed by atoms with Gasteiger partial charge in [0.15, 0.2) is 0 Å². The van der Waals surface area contributed by atoms with E-state index in [1.54, 1.807) is 0 Å². The van der Waals surface area contributed by atoms with Crippen LogP contribution in [0, 0.1) is 9.49 Å². The summed E-state index contributed by atoms with van der Waals surface area (Å²) in [6.45, 7) is 3.37. The summed E-state index contributed by atoms with van der Waals surface area (Å²) in [4.78, 5) is 0. The smallest absolute Gasteiger partial charge is 0.0359 e. The van der Waals surface area contributed by atoms with E-state index in [1.807, 2.05) is 0 Å². The summed E-state index contributed by atoms with van der Waals surface area (Å²) < 4.78 is 1.40. The first-order chi connectivity index (χ1) is 7.83. The summed E-state index contributed by atoms with van der Waals surface area (Å²) in [6, 6.07) is 9.38. The molecule has 1 aromatic carbocycles. The van der Waals surface area contributed by atoms with E-state index >= 15 is 0 Å². The number of hydrogen-bond acceptors (Lipinski definition) is 1. The lowest BCUT2D eigenvalue weighted by molar-refractivity contribution is 0.230. The van der Waals surface area contributed by atoms with E-state index in [2.05, 4.69) is 59.1 Å². The average Bonchev–Trinajstić information content (AvgIpc) is 2.22. The van der Waals surface area contributed by atoms with Gasteiger partial charge in [-0.1, -0.05) is 31.5 Å². The summed E-state index contributed by atoms with van der Waals surface area (Å²) >= 11 is 2.46. The SMILES string of the molecule is CCCNC(c1ccccc1I)C1CCC1. The van der Waals surface area contributed by atoms with Crippen LogP contribution in [0.3, 0.4) is 0 Å². The fraction of sp³-hybridized carbons (Fsp3) is 0.571. The van der Waals surface area contributed by atoms with Crippen LogP contribution in [0.5, 0.6) is 0 Å². The van der Waals surface area contributed by atoms with Crippen LogP contribution in [0.2, 0.25) is 0 Å². The van der Waals surface area contributed by atoms with Crippen molar-refractivity contribution in [3.8, 4) is 0 Å². The van der Waals surface area contributed by atoms with Gasteiger partial charge in [0, 0.05) is 9.61 Å². The molecule has 2 heteroatoms. The Kier molecular flexibility index (Phi) is 4.65. The molecule has 0 radical (unpaired) electrons. The van der Waals surface area contributed by atoms with Crippen molar-refractivity contribution in [1.82, 2.24) is 5.32 Å². The van der Waals surface area contributed by atoms with Gasteiger partial charge in [0.25, 0.3) is 0 Å². The fourth-order valence-corrected chi connectivity index (χ4v) is 3.05. The van der Waals surface area contributed by atoms with Crippen molar-refractivity contribution < 1.29 is 0 Å². The maximum absolute atomic E-state index is 3.72. The predicted molar refractivity (Wildman–Crippen MR) is 77.5 cm³/mol. The maximum Gasteiger partial charge on any atom is 0.0359 e. The highest BCUT2D eigenvalue weighted by Crippen LogP contribution is 2.38. The molecule has 1 saturated carbocycles.